The molecule has 0 radical (unpaired) electrons. The van der Waals surface area contributed by atoms with E-state index in [-0.39, 0.29) is 29.5 Å². The third kappa shape index (κ3) is 6.21. The number of fused-ring (bicyclic) bond motifs is 1. The van der Waals surface area contributed by atoms with Gasteiger partial charge in [0.15, 0.2) is 11.5 Å². The molecule has 0 spiro atoms. The van der Waals surface area contributed by atoms with Crippen LogP contribution in [0.2, 0.25) is 0 Å². The van der Waals surface area contributed by atoms with Crippen molar-refractivity contribution < 1.29 is 28.2 Å². The molecule has 0 bridgehead atoms. The Hall–Kier alpha value is -4.34. The standard InChI is InChI=1S/C31H35FN4O5/c1-31(2,3)41-30(38)36-13-10-21(11-14-36)40-25-8-6-19(16-26(25)39-4)23-17-24(28(33)35-27(23)32)18-5-7-22-20(15-18)9-12-34-29(22)37/h5-8,15-17,21H,9-14H2,1-4H3,(H2,33,35)(H,34,37). The molecule has 0 saturated carbocycles. The predicted molar refractivity (Wildman–Crippen MR) is 154 cm³/mol. The van der Waals surface area contributed by atoms with Crippen LogP contribution in [0.5, 0.6) is 11.5 Å². The van der Waals surface area contributed by atoms with Gasteiger partial charge in [-0.1, -0.05) is 18.2 Å². The molecule has 10 heteroatoms. The molecule has 3 N–H and O–H groups in total. The number of benzene rings is 2. The van der Waals surface area contributed by atoms with Crippen molar-refractivity contribution in [2.24, 2.45) is 0 Å². The number of hydrogen-bond acceptors (Lipinski definition) is 7. The number of nitrogen functional groups attached to an aromatic ring is 1. The first-order chi connectivity index (χ1) is 19.5. The fraction of sp³-hybridized carbons (Fsp3) is 0.387. The van der Waals surface area contributed by atoms with Gasteiger partial charge in [0, 0.05) is 49.2 Å². The number of hydrogen-bond donors (Lipinski definition) is 2. The lowest BCUT2D eigenvalue weighted by molar-refractivity contribution is 0.0124. The topological polar surface area (TPSA) is 116 Å². The van der Waals surface area contributed by atoms with Crippen LogP contribution in [0.15, 0.2) is 42.5 Å². The van der Waals surface area contributed by atoms with E-state index in [4.69, 9.17) is 19.9 Å². The van der Waals surface area contributed by atoms with Crippen molar-refractivity contribution in [1.82, 2.24) is 15.2 Å². The maximum Gasteiger partial charge on any atom is 0.410 e. The molecule has 41 heavy (non-hydrogen) atoms. The van der Waals surface area contributed by atoms with Crippen LogP contribution in [0.25, 0.3) is 22.3 Å². The Balaban J connectivity index is 1.34. The summed E-state index contributed by atoms with van der Waals surface area (Å²) in [5.41, 5.74) is 9.29. The normalized spacial score (nSPS) is 15.6. The molecule has 0 aliphatic carbocycles. The van der Waals surface area contributed by atoms with Crippen molar-refractivity contribution in [3.63, 3.8) is 0 Å². The Kier molecular flexibility index (Phi) is 7.75. The van der Waals surface area contributed by atoms with Gasteiger partial charge >= 0.3 is 6.09 Å². The number of halogens is 1. The second-order valence-electron chi connectivity index (χ2n) is 11.3. The third-order valence-corrected chi connectivity index (χ3v) is 7.21. The predicted octanol–water partition coefficient (Wildman–Crippen LogP) is 5.21. The van der Waals surface area contributed by atoms with Gasteiger partial charge in [0.1, 0.15) is 17.5 Å². The summed E-state index contributed by atoms with van der Waals surface area (Å²) in [7, 11) is 1.53. The molecule has 2 aliphatic rings. The highest BCUT2D eigenvalue weighted by molar-refractivity contribution is 5.97. The average molecular weight is 563 g/mol. The summed E-state index contributed by atoms with van der Waals surface area (Å²) in [5, 5.41) is 2.83. The van der Waals surface area contributed by atoms with Gasteiger partial charge in [-0.25, -0.2) is 9.78 Å². The number of carbonyl (C=O) groups is 2. The number of aromatic nitrogens is 1. The molecule has 0 unspecified atom stereocenters. The summed E-state index contributed by atoms with van der Waals surface area (Å²) in [6.45, 7) is 7.16. The zero-order valence-electron chi connectivity index (χ0n) is 23.8. The quantitative estimate of drug-likeness (QED) is 0.410. The van der Waals surface area contributed by atoms with E-state index in [1.54, 1.807) is 41.3 Å². The van der Waals surface area contributed by atoms with Crippen LogP contribution in [-0.2, 0) is 11.2 Å². The number of nitrogens with one attached hydrogen (secondary N) is 1. The SMILES string of the molecule is COc1cc(-c2cc(-c3ccc4c(c3)CCNC4=O)c(N)nc2F)ccc1OC1CCN(C(=O)OC(C)(C)C)CC1. The summed E-state index contributed by atoms with van der Waals surface area (Å²) in [6.07, 6.45) is 1.56. The molecule has 3 aromatic rings. The highest BCUT2D eigenvalue weighted by Gasteiger charge is 2.28. The van der Waals surface area contributed by atoms with Crippen LogP contribution in [0.3, 0.4) is 0 Å². The van der Waals surface area contributed by atoms with Crippen molar-refractivity contribution in [2.75, 3.05) is 32.5 Å². The number of nitrogens with zero attached hydrogens (tertiary/aromatic N) is 2. The fourth-order valence-corrected chi connectivity index (χ4v) is 5.13. The molecule has 2 amide bonds. The van der Waals surface area contributed by atoms with E-state index < -0.39 is 11.5 Å². The Morgan fingerprint density at radius 2 is 1.73 bits per heavy atom. The Labute approximate surface area is 238 Å². The number of piperidine rings is 1. The molecule has 0 atom stereocenters. The van der Waals surface area contributed by atoms with Gasteiger partial charge in [0.25, 0.3) is 5.91 Å². The number of ether oxygens (including phenoxy) is 3. The molecule has 2 aromatic carbocycles. The Morgan fingerprint density at radius 1 is 1.02 bits per heavy atom. The summed E-state index contributed by atoms with van der Waals surface area (Å²) >= 11 is 0. The first-order valence-corrected chi connectivity index (χ1v) is 13.7. The van der Waals surface area contributed by atoms with Gasteiger partial charge in [0.05, 0.1) is 7.11 Å². The molecule has 5 rings (SSSR count). The van der Waals surface area contributed by atoms with Crippen LogP contribution in [0.1, 0.15) is 49.5 Å². The maximum atomic E-state index is 15.1. The fourth-order valence-electron chi connectivity index (χ4n) is 5.13. The van der Waals surface area contributed by atoms with E-state index in [2.05, 4.69) is 10.3 Å². The minimum Gasteiger partial charge on any atom is -0.493 e. The van der Waals surface area contributed by atoms with E-state index in [0.717, 1.165) is 11.1 Å². The first kappa shape index (κ1) is 28.2. The lowest BCUT2D eigenvalue weighted by atomic mass is 9.94. The monoisotopic (exact) mass is 562 g/mol. The number of amides is 2. The number of methoxy groups -OCH3 is 1. The summed E-state index contributed by atoms with van der Waals surface area (Å²) in [4.78, 5) is 30.2. The van der Waals surface area contributed by atoms with Crippen LogP contribution in [-0.4, -0.2) is 60.3 Å². The van der Waals surface area contributed by atoms with Crippen molar-refractivity contribution >= 4 is 17.8 Å². The summed E-state index contributed by atoms with van der Waals surface area (Å²) < 4.78 is 32.4. The second kappa shape index (κ2) is 11.3. The van der Waals surface area contributed by atoms with Crippen molar-refractivity contribution in [2.45, 2.75) is 51.7 Å². The molecule has 9 nitrogen and oxygen atoms in total. The van der Waals surface area contributed by atoms with Gasteiger partial charge < -0.3 is 30.2 Å². The second-order valence-corrected chi connectivity index (χ2v) is 11.3. The number of anilines is 1. The van der Waals surface area contributed by atoms with E-state index >= 15 is 4.39 Å². The molecule has 2 aliphatic heterocycles. The van der Waals surface area contributed by atoms with Crippen molar-refractivity contribution in [1.29, 1.82) is 0 Å². The van der Waals surface area contributed by atoms with Crippen molar-refractivity contribution in [3.8, 4) is 33.8 Å². The van der Waals surface area contributed by atoms with Gasteiger partial charge in [-0.2, -0.15) is 4.39 Å². The summed E-state index contributed by atoms with van der Waals surface area (Å²) in [5.74, 6) is 0.246. The minimum absolute atomic E-state index is 0.0658. The maximum absolute atomic E-state index is 15.1. The smallest absolute Gasteiger partial charge is 0.410 e. The van der Waals surface area contributed by atoms with E-state index in [1.165, 1.54) is 7.11 Å². The highest BCUT2D eigenvalue weighted by Crippen LogP contribution is 2.38. The van der Waals surface area contributed by atoms with Gasteiger partial charge in [0.2, 0.25) is 5.95 Å². The van der Waals surface area contributed by atoms with E-state index in [9.17, 15) is 9.59 Å². The number of pyridine rings is 1. The molecular formula is C31H35FN4O5. The first-order valence-electron chi connectivity index (χ1n) is 13.7. The molecule has 1 aromatic heterocycles. The minimum atomic E-state index is -0.700. The largest absolute Gasteiger partial charge is 0.493 e. The molecular weight excluding hydrogens is 527 g/mol. The Bertz CT molecular complexity index is 1480. The van der Waals surface area contributed by atoms with E-state index in [1.807, 2.05) is 26.8 Å². The summed E-state index contributed by atoms with van der Waals surface area (Å²) in [6, 6.07) is 12.4. The van der Waals surface area contributed by atoms with Crippen molar-refractivity contribution in [3.05, 3.63) is 59.5 Å². The lowest BCUT2D eigenvalue weighted by Crippen LogP contribution is -2.44. The molecule has 216 valence electrons. The van der Waals surface area contributed by atoms with Gasteiger partial charge in [-0.05, 0) is 68.1 Å². The van der Waals surface area contributed by atoms with Crippen LogP contribution in [0.4, 0.5) is 15.0 Å². The van der Waals surface area contributed by atoms with Gasteiger partial charge in [-0.15, -0.1) is 0 Å². The number of likely N-dealkylation sites (tertiary alicyclic amines) is 1. The molecule has 3 heterocycles. The van der Waals surface area contributed by atoms with Crippen LogP contribution in [0, 0.1) is 5.95 Å². The lowest BCUT2D eigenvalue weighted by Gasteiger charge is -2.33. The highest BCUT2D eigenvalue weighted by atomic mass is 19.1. The number of carbonyl (C=O) groups excluding carboxylic acids is 2. The van der Waals surface area contributed by atoms with Gasteiger partial charge in [-0.3, -0.25) is 4.79 Å². The van der Waals surface area contributed by atoms with E-state index in [0.29, 0.717) is 67.1 Å². The zero-order chi connectivity index (χ0) is 29.3. The third-order valence-electron chi connectivity index (χ3n) is 7.21. The zero-order valence-corrected chi connectivity index (χ0v) is 23.8. The average Bonchev–Trinajstić information content (AvgIpc) is 2.93. The van der Waals surface area contributed by atoms with Crippen LogP contribution >= 0.6 is 0 Å². The van der Waals surface area contributed by atoms with Crippen LogP contribution < -0.4 is 20.5 Å². The number of rotatable bonds is 5. The molecule has 1 saturated heterocycles. The molecule has 1 fully saturated rings. The number of nitrogens with two attached hydrogens (primary N) is 1. The Morgan fingerprint density at radius 3 is 2.44 bits per heavy atom.